The van der Waals surface area contributed by atoms with E-state index in [9.17, 15) is 4.79 Å². The Hall–Kier alpha value is -2.37. The zero-order valence-corrected chi connectivity index (χ0v) is 16.2. The number of methoxy groups -OCH3 is 1. The molecule has 1 aliphatic heterocycles. The fourth-order valence-electron chi connectivity index (χ4n) is 3.44. The number of nitrogens with zero attached hydrogens (tertiary/aromatic N) is 1. The molecule has 2 aromatic carbocycles. The monoisotopic (exact) mass is 368 g/mol. The summed E-state index contributed by atoms with van der Waals surface area (Å²) in [4.78, 5) is 14.9. The van der Waals surface area contributed by atoms with E-state index < -0.39 is 0 Å². The van der Waals surface area contributed by atoms with Crippen molar-refractivity contribution in [1.29, 1.82) is 0 Å². The first-order valence-corrected chi connectivity index (χ1v) is 9.42. The smallest absolute Gasteiger partial charge is 0.237 e. The summed E-state index contributed by atoms with van der Waals surface area (Å²) < 4.78 is 11.3. The third-order valence-corrected chi connectivity index (χ3v) is 4.99. The van der Waals surface area contributed by atoms with Crippen molar-refractivity contribution in [1.82, 2.24) is 10.2 Å². The van der Waals surface area contributed by atoms with Crippen LogP contribution in [-0.2, 0) is 16.1 Å². The molecule has 0 saturated carbocycles. The number of amides is 1. The van der Waals surface area contributed by atoms with Crippen LogP contribution >= 0.6 is 0 Å². The van der Waals surface area contributed by atoms with Crippen molar-refractivity contribution < 1.29 is 14.3 Å². The molecule has 2 aromatic rings. The molecule has 27 heavy (non-hydrogen) atoms. The lowest BCUT2D eigenvalue weighted by molar-refractivity contribution is -0.133. The van der Waals surface area contributed by atoms with Crippen LogP contribution in [0.15, 0.2) is 54.6 Å². The number of nitrogens with one attached hydrogen (secondary N) is 1. The zero-order valence-electron chi connectivity index (χ0n) is 16.2. The Kier molecular flexibility index (Phi) is 6.48. The number of carbonyl (C=O) groups excluding carboxylic acids is 1. The van der Waals surface area contributed by atoms with Crippen molar-refractivity contribution in [3.05, 3.63) is 65.7 Å². The number of morpholine rings is 1. The van der Waals surface area contributed by atoms with Crippen LogP contribution in [0.1, 0.15) is 31.1 Å². The quantitative estimate of drug-likeness (QED) is 0.851. The van der Waals surface area contributed by atoms with Crippen LogP contribution in [-0.4, -0.2) is 43.2 Å². The van der Waals surface area contributed by atoms with Crippen LogP contribution in [0, 0.1) is 0 Å². The Labute approximate surface area is 161 Å². The molecule has 5 heteroatoms. The van der Waals surface area contributed by atoms with Gasteiger partial charge in [0.05, 0.1) is 25.4 Å². The molecule has 1 amide bonds. The molecule has 1 N–H and O–H groups in total. The van der Waals surface area contributed by atoms with E-state index >= 15 is 0 Å². The molecule has 5 nitrogen and oxygen atoms in total. The largest absolute Gasteiger partial charge is 0.497 e. The van der Waals surface area contributed by atoms with Crippen LogP contribution < -0.4 is 10.1 Å². The highest BCUT2D eigenvalue weighted by molar-refractivity contribution is 5.81. The van der Waals surface area contributed by atoms with E-state index in [4.69, 9.17) is 9.47 Å². The number of ether oxygens (including phenoxy) is 2. The predicted octanol–water partition coefficient (Wildman–Crippen LogP) is 3.16. The van der Waals surface area contributed by atoms with E-state index in [0.717, 1.165) is 23.4 Å². The van der Waals surface area contributed by atoms with Gasteiger partial charge in [-0.15, -0.1) is 0 Å². The highest BCUT2D eigenvalue weighted by Gasteiger charge is 2.31. The van der Waals surface area contributed by atoms with Crippen LogP contribution in [0.5, 0.6) is 5.75 Å². The summed E-state index contributed by atoms with van der Waals surface area (Å²) in [6, 6.07) is 17.7. The van der Waals surface area contributed by atoms with Crippen LogP contribution in [0.25, 0.3) is 0 Å². The van der Waals surface area contributed by atoms with Gasteiger partial charge in [-0.2, -0.15) is 0 Å². The minimum atomic E-state index is -0.215. The third-order valence-electron chi connectivity index (χ3n) is 4.99. The number of hydrogen-bond acceptors (Lipinski definition) is 4. The highest BCUT2D eigenvalue weighted by Crippen LogP contribution is 2.26. The van der Waals surface area contributed by atoms with Gasteiger partial charge in [-0.05, 0) is 37.1 Å². The van der Waals surface area contributed by atoms with Gasteiger partial charge >= 0.3 is 0 Å². The Bertz CT molecular complexity index is 750. The number of rotatable bonds is 6. The Morgan fingerprint density at radius 3 is 2.74 bits per heavy atom. The van der Waals surface area contributed by atoms with E-state index in [-0.39, 0.29) is 24.2 Å². The third kappa shape index (κ3) is 5.08. The minimum absolute atomic E-state index is 0.0106. The van der Waals surface area contributed by atoms with Crippen molar-refractivity contribution in [2.24, 2.45) is 0 Å². The molecule has 1 aliphatic rings. The van der Waals surface area contributed by atoms with Crippen LogP contribution in [0.4, 0.5) is 0 Å². The van der Waals surface area contributed by atoms with E-state index in [1.54, 1.807) is 7.11 Å². The Morgan fingerprint density at radius 1 is 1.22 bits per heavy atom. The standard InChI is InChI=1S/C22H28N2O3/c1-16-14-24(15-21(27-16)19-9-5-4-6-10-19)17(2)22(25)23-13-18-8-7-11-20(12-18)26-3/h4-12,16-17,21H,13-15H2,1-3H3,(H,23,25). The first-order chi connectivity index (χ1) is 13.1. The average molecular weight is 368 g/mol. The zero-order chi connectivity index (χ0) is 19.2. The molecule has 3 rings (SSSR count). The maximum atomic E-state index is 12.7. The summed E-state index contributed by atoms with van der Waals surface area (Å²) >= 11 is 0. The summed E-state index contributed by atoms with van der Waals surface area (Å²) in [7, 11) is 1.64. The van der Waals surface area contributed by atoms with Gasteiger partial charge in [0.25, 0.3) is 0 Å². The highest BCUT2D eigenvalue weighted by atomic mass is 16.5. The van der Waals surface area contributed by atoms with Crippen molar-refractivity contribution >= 4 is 5.91 Å². The molecular weight excluding hydrogens is 340 g/mol. The predicted molar refractivity (Wildman–Crippen MR) is 106 cm³/mol. The molecular formula is C22H28N2O3. The second-order valence-corrected chi connectivity index (χ2v) is 7.05. The molecule has 1 saturated heterocycles. The summed E-state index contributed by atoms with van der Waals surface area (Å²) in [5, 5.41) is 3.04. The van der Waals surface area contributed by atoms with Gasteiger partial charge in [-0.1, -0.05) is 42.5 Å². The maximum absolute atomic E-state index is 12.7. The second-order valence-electron chi connectivity index (χ2n) is 7.05. The molecule has 0 aliphatic carbocycles. The van der Waals surface area contributed by atoms with Gasteiger partial charge in [0, 0.05) is 19.6 Å². The van der Waals surface area contributed by atoms with E-state index in [1.165, 1.54) is 0 Å². The molecule has 0 bridgehead atoms. The molecule has 3 atom stereocenters. The summed E-state index contributed by atoms with van der Waals surface area (Å²) in [6.07, 6.45) is 0.0705. The Balaban J connectivity index is 1.59. The summed E-state index contributed by atoms with van der Waals surface area (Å²) in [6.45, 7) is 5.96. The molecule has 0 aromatic heterocycles. The Morgan fingerprint density at radius 2 is 2.00 bits per heavy atom. The molecule has 3 unspecified atom stereocenters. The lowest BCUT2D eigenvalue weighted by Crippen LogP contribution is -2.52. The number of carbonyl (C=O) groups is 1. The van der Waals surface area contributed by atoms with Crippen molar-refractivity contribution in [3.8, 4) is 5.75 Å². The average Bonchev–Trinajstić information content (AvgIpc) is 2.71. The molecule has 1 heterocycles. The minimum Gasteiger partial charge on any atom is -0.497 e. The maximum Gasteiger partial charge on any atom is 0.237 e. The molecule has 0 spiro atoms. The first kappa shape index (κ1) is 19.4. The van der Waals surface area contributed by atoms with Gasteiger partial charge in [0.15, 0.2) is 0 Å². The van der Waals surface area contributed by atoms with Crippen molar-refractivity contribution in [3.63, 3.8) is 0 Å². The topological polar surface area (TPSA) is 50.8 Å². The lowest BCUT2D eigenvalue weighted by atomic mass is 10.1. The van der Waals surface area contributed by atoms with Gasteiger partial charge < -0.3 is 14.8 Å². The fourth-order valence-corrected chi connectivity index (χ4v) is 3.44. The van der Waals surface area contributed by atoms with E-state index in [1.807, 2.05) is 49.4 Å². The summed E-state index contributed by atoms with van der Waals surface area (Å²) in [5.41, 5.74) is 2.17. The molecule has 0 radical (unpaired) electrons. The second kappa shape index (κ2) is 9.02. The molecule has 1 fully saturated rings. The number of benzene rings is 2. The fraction of sp³-hybridized carbons (Fsp3) is 0.409. The lowest BCUT2D eigenvalue weighted by Gasteiger charge is -2.39. The van der Waals surface area contributed by atoms with Crippen molar-refractivity contribution in [2.75, 3.05) is 20.2 Å². The summed E-state index contributed by atoms with van der Waals surface area (Å²) in [5.74, 6) is 0.821. The van der Waals surface area contributed by atoms with Gasteiger partial charge in [0.1, 0.15) is 5.75 Å². The number of hydrogen-bond donors (Lipinski definition) is 1. The molecule has 144 valence electrons. The first-order valence-electron chi connectivity index (χ1n) is 9.42. The SMILES string of the molecule is COc1cccc(CNC(=O)C(C)N2CC(C)OC(c3ccccc3)C2)c1. The van der Waals surface area contributed by atoms with Gasteiger partial charge in [0.2, 0.25) is 5.91 Å². The van der Waals surface area contributed by atoms with E-state index in [2.05, 4.69) is 29.3 Å². The van der Waals surface area contributed by atoms with Gasteiger partial charge in [-0.25, -0.2) is 0 Å². The van der Waals surface area contributed by atoms with Crippen LogP contribution in [0.3, 0.4) is 0 Å². The van der Waals surface area contributed by atoms with E-state index in [0.29, 0.717) is 13.1 Å². The van der Waals surface area contributed by atoms with Crippen molar-refractivity contribution in [2.45, 2.75) is 38.6 Å². The normalized spacial score (nSPS) is 21.4. The van der Waals surface area contributed by atoms with Gasteiger partial charge in [-0.3, -0.25) is 9.69 Å². The van der Waals surface area contributed by atoms with Crippen LogP contribution in [0.2, 0.25) is 0 Å².